The van der Waals surface area contributed by atoms with Crippen molar-refractivity contribution in [2.24, 2.45) is 0 Å². The van der Waals surface area contributed by atoms with Gasteiger partial charge in [0, 0.05) is 28.0 Å². The lowest BCUT2D eigenvalue weighted by Gasteiger charge is -2.30. The molecule has 1 aromatic heterocycles. The minimum atomic E-state index is -0.284. The molecule has 8 heteroatoms. The SMILES string of the molecule is CCc1cccc(NC(=O)N(CC(=O)N(CCc2ccc(OC)c(OC)c2)Cc2ccc(C)s2)C(C)C)c1. The third-order valence-corrected chi connectivity index (χ3v) is 7.38. The van der Waals surface area contributed by atoms with E-state index in [4.69, 9.17) is 9.47 Å². The Morgan fingerprint density at radius 3 is 2.37 bits per heavy atom. The van der Waals surface area contributed by atoms with E-state index in [1.165, 1.54) is 4.88 Å². The fourth-order valence-electron chi connectivity index (χ4n) is 4.15. The monoisotopic (exact) mass is 537 g/mol. The lowest BCUT2D eigenvalue weighted by Crippen LogP contribution is -2.47. The summed E-state index contributed by atoms with van der Waals surface area (Å²) in [5.41, 5.74) is 2.91. The van der Waals surface area contributed by atoms with Gasteiger partial charge in [0.25, 0.3) is 0 Å². The summed E-state index contributed by atoms with van der Waals surface area (Å²) in [5, 5.41) is 2.97. The molecular weight excluding hydrogens is 498 g/mol. The number of carbonyl (C=O) groups excluding carboxylic acids is 2. The largest absolute Gasteiger partial charge is 0.493 e. The third-order valence-electron chi connectivity index (χ3n) is 6.39. The Kier molecular flexibility index (Phi) is 10.6. The Hall–Kier alpha value is -3.52. The number of methoxy groups -OCH3 is 2. The first-order chi connectivity index (χ1) is 18.2. The zero-order chi connectivity index (χ0) is 27.7. The fourth-order valence-corrected chi connectivity index (χ4v) is 5.06. The van der Waals surface area contributed by atoms with Crippen molar-refractivity contribution in [2.45, 2.75) is 53.1 Å². The molecule has 1 heterocycles. The molecular formula is C30H39N3O4S. The first-order valence-corrected chi connectivity index (χ1v) is 13.8. The first-order valence-electron chi connectivity index (χ1n) is 12.9. The van der Waals surface area contributed by atoms with E-state index in [9.17, 15) is 9.59 Å². The highest BCUT2D eigenvalue weighted by molar-refractivity contribution is 7.11. The van der Waals surface area contributed by atoms with Crippen LogP contribution in [0.15, 0.2) is 54.6 Å². The smallest absolute Gasteiger partial charge is 0.322 e. The number of amides is 3. The van der Waals surface area contributed by atoms with Crippen molar-refractivity contribution in [1.29, 1.82) is 0 Å². The van der Waals surface area contributed by atoms with Crippen LogP contribution in [0.4, 0.5) is 10.5 Å². The second-order valence-electron chi connectivity index (χ2n) is 9.47. The summed E-state index contributed by atoms with van der Waals surface area (Å²) in [7, 11) is 3.22. The van der Waals surface area contributed by atoms with Crippen LogP contribution in [0.5, 0.6) is 11.5 Å². The number of anilines is 1. The molecule has 204 valence electrons. The predicted molar refractivity (Wildman–Crippen MR) is 154 cm³/mol. The Morgan fingerprint density at radius 2 is 1.74 bits per heavy atom. The number of nitrogens with one attached hydrogen (secondary N) is 1. The second kappa shape index (κ2) is 13.9. The van der Waals surface area contributed by atoms with Crippen LogP contribution >= 0.6 is 11.3 Å². The zero-order valence-electron chi connectivity index (χ0n) is 23.2. The number of hydrogen-bond acceptors (Lipinski definition) is 5. The summed E-state index contributed by atoms with van der Waals surface area (Å²) >= 11 is 1.68. The summed E-state index contributed by atoms with van der Waals surface area (Å²) < 4.78 is 10.8. The highest BCUT2D eigenvalue weighted by Gasteiger charge is 2.24. The summed E-state index contributed by atoms with van der Waals surface area (Å²) in [6.07, 6.45) is 1.53. The minimum absolute atomic E-state index is 0.00669. The molecule has 0 bridgehead atoms. The summed E-state index contributed by atoms with van der Waals surface area (Å²) in [6.45, 7) is 8.98. The van der Waals surface area contributed by atoms with Crippen molar-refractivity contribution < 1.29 is 19.1 Å². The molecule has 2 aromatic carbocycles. The maximum atomic E-state index is 13.6. The average molecular weight is 538 g/mol. The van der Waals surface area contributed by atoms with Gasteiger partial charge >= 0.3 is 6.03 Å². The van der Waals surface area contributed by atoms with Crippen LogP contribution in [0.3, 0.4) is 0 Å². The summed E-state index contributed by atoms with van der Waals surface area (Å²) in [6, 6.07) is 17.3. The number of rotatable bonds is 12. The Balaban J connectivity index is 1.75. The minimum Gasteiger partial charge on any atom is -0.493 e. The molecule has 0 spiro atoms. The van der Waals surface area contributed by atoms with Crippen LogP contribution in [0.1, 0.15) is 41.7 Å². The molecule has 3 aromatic rings. The molecule has 0 unspecified atom stereocenters. The van der Waals surface area contributed by atoms with Gasteiger partial charge in [-0.25, -0.2) is 4.79 Å². The summed E-state index contributed by atoms with van der Waals surface area (Å²) in [4.78, 5) is 32.6. The molecule has 0 aliphatic rings. The quantitative estimate of drug-likeness (QED) is 0.301. The molecule has 38 heavy (non-hydrogen) atoms. The topological polar surface area (TPSA) is 71.1 Å². The highest BCUT2D eigenvalue weighted by Crippen LogP contribution is 2.28. The number of hydrogen-bond donors (Lipinski definition) is 1. The van der Waals surface area contributed by atoms with Crippen molar-refractivity contribution in [2.75, 3.05) is 32.6 Å². The number of carbonyl (C=O) groups is 2. The molecule has 0 aliphatic heterocycles. The van der Waals surface area contributed by atoms with E-state index < -0.39 is 0 Å². The standard InChI is InChI=1S/C30H39N3O4S/c1-7-23-9-8-10-25(17-23)31-30(35)33(21(2)3)20-29(34)32(19-26-13-11-22(4)38-26)16-15-24-12-14-27(36-5)28(18-24)37-6/h8-14,17-18,21H,7,15-16,19-20H2,1-6H3,(H,31,35). The number of aryl methyl sites for hydroxylation is 2. The van der Waals surface area contributed by atoms with Gasteiger partial charge in [0.2, 0.25) is 5.91 Å². The van der Waals surface area contributed by atoms with E-state index in [0.717, 1.165) is 28.1 Å². The van der Waals surface area contributed by atoms with E-state index in [1.807, 2.05) is 61.2 Å². The van der Waals surface area contributed by atoms with Crippen LogP contribution in [0.25, 0.3) is 0 Å². The number of thiophene rings is 1. The molecule has 3 rings (SSSR count). The number of urea groups is 1. The van der Waals surface area contributed by atoms with E-state index in [1.54, 1.807) is 30.5 Å². The van der Waals surface area contributed by atoms with E-state index in [-0.39, 0.29) is 24.5 Å². The van der Waals surface area contributed by atoms with Crippen LogP contribution in [-0.4, -0.2) is 55.1 Å². The van der Waals surface area contributed by atoms with Gasteiger partial charge in [0.05, 0.1) is 20.8 Å². The van der Waals surface area contributed by atoms with Gasteiger partial charge < -0.3 is 24.6 Å². The molecule has 1 N–H and O–H groups in total. The molecule has 0 radical (unpaired) electrons. The van der Waals surface area contributed by atoms with Gasteiger partial charge in [-0.05, 0) is 81.1 Å². The number of nitrogens with zero attached hydrogens (tertiary/aromatic N) is 2. The van der Waals surface area contributed by atoms with Gasteiger partial charge in [-0.2, -0.15) is 0 Å². The first kappa shape index (κ1) is 29.0. The van der Waals surface area contributed by atoms with Gasteiger partial charge in [0.15, 0.2) is 11.5 Å². The molecule has 0 fully saturated rings. The van der Waals surface area contributed by atoms with E-state index in [0.29, 0.717) is 31.0 Å². The predicted octanol–water partition coefficient (Wildman–Crippen LogP) is 6.15. The molecule has 0 atom stereocenters. The van der Waals surface area contributed by atoms with Gasteiger partial charge in [0.1, 0.15) is 6.54 Å². The van der Waals surface area contributed by atoms with Crippen molar-refractivity contribution in [3.8, 4) is 11.5 Å². The van der Waals surface area contributed by atoms with Crippen LogP contribution in [0, 0.1) is 6.92 Å². The highest BCUT2D eigenvalue weighted by atomic mass is 32.1. The van der Waals surface area contributed by atoms with Crippen molar-refractivity contribution in [3.05, 3.63) is 75.5 Å². The molecule has 3 amide bonds. The Labute approximate surface area is 230 Å². The number of ether oxygens (including phenoxy) is 2. The molecule has 0 aliphatic carbocycles. The molecule has 0 saturated heterocycles. The third kappa shape index (κ3) is 7.99. The van der Waals surface area contributed by atoms with Crippen molar-refractivity contribution in [3.63, 3.8) is 0 Å². The lowest BCUT2D eigenvalue weighted by atomic mass is 10.1. The lowest BCUT2D eigenvalue weighted by molar-refractivity contribution is -0.132. The maximum Gasteiger partial charge on any atom is 0.322 e. The Bertz CT molecular complexity index is 1220. The molecule has 0 saturated carbocycles. The fraction of sp³-hybridized carbons (Fsp3) is 0.400. The Morgan fingerprint density at radius 1 is 0.974 bits per heavy atom. The number of benzene rings is 2. The van der Waals surface area contributed by atoms with Gasteiger partial charge in [-0.3, -0.25) is 4.79 Å². The van der Waals surface area contributed by atoms with Crippen molar-refractivity contribution >= 4 is 29.0 Å². The zero-order valence-corrected chi connectivity index (χ0v) is 24.1. The van der Waals surface area contributed by atoms with Crippen LogP contribution < -0.4 is 14.8 Å². The van der Waals surface area contributed by atoms with Crippen LogP contribution in [-0.2, 0) is 24.2 Å². The maximum absolute atomic E-state index is 13.6. The van der Waals surface area contributed by atoms with Crippen molar-refractivity contribution in [1.82, 2.24) is 9.80 Å². The normalized spacial score (nSPS) is 10.8. The van der Waals surface area contributed by atoms with Crippen LogP contribution in [0.2, 0.25) is 0 Å². The van der Waals surface area contributed by atoms with E-state index >= 15 is 0 Å². The second-order valence-corrected chi connectivity index (χ2v) is 10.8. The average Bonchev–Trinajstić information content (AvgIpc) is 3.33. The van der Waals surface area contributed by atoms with Gasteiger partial charge in [-0.15, -0.1) is 11.3 Å². The molecule has 7 nitrogen and oxygen atoms in total. The van der Waals surface area contributed by atoms with E-state index in [2.05, 4.69) is 31.3 Å². The van der Waals surface area contributed by atoms with Gasteiger partial charge in [-0.1, -0.05) is 25.1 Å². The summed E-state index contributed by atoms with van der Waals surface area (Å²) in [5.74, 6) is 1.23.